The van der Waals surface area contributed by atoms with Gasteiger partial charge in [0.1, 0.15) is 17.1 Å². The maximum absolute atomic E-state index is 13.3. The first-order valence-corrected chi connectivity index (χ1v) is 8.45. The van der Waals surface area contributed by atoms with Crippen LogP contribution in [-0.4, -0.2) is 16.0 Å². The Hall–Kier alpha value is -2.78. The number of carbonyl (C=O) groups is 1. The summed E-state index contributed by atoms with van der Waals surface area (Å²) in [7, 11) is 0. The zero-order valence-corrected chi connectivity index (χ0v) is 19.0. The van der Waals surface area contributed by atoms with Crippen LogP contribution < -0.4 is 20.7 Å². The van der Waals surface area contributed by atoms with Crippen LogP contribution in [0.15, 0.2) is 41.3 Å². The minimum absolute atomic E-state index is 0. The van der Waals surface area contributed by atoms with Crippen LogP contribution in [0.4, 0.5) is 23.2 Å². The van der Waals surface area contributed by atoms with Gasteiger partial charge in [-0.3, -0.25) is 4.79 Å². The molecule has 0 aliphatic carbocycles. The van der Waals surface area contributed by atoms with Crippen LogP contribution in [0.25, 0.3) is 0 Å². The van der Waals surface area contributed by atoms with Crippen molar-refractivity contribution in [2.24, 2.45) is 0 Å². The molecule has 2 aromatic heterocycles. The Morgan fingerprint density at radius 1 is 1.23 bits per heavy atom. The minimum atomic E-state index is -4.92. The Bertz CT molecular complexity index is 1190. The fourth-order valence-corrected chi connectivity index (χ4v) is 2.62. The predicted molar refractivity (Wildman–Crippen MR) is 97.2 cm³/mol. The van der Waals surface area contributed by atoms with Crippen LogP contribution in [0.3, 0.4) is 0 Å². The number of aryl methyl sites for hydroxylation is 1. The van der Waals surface area contributed by atoms with Gasteiger partial charge in [-0.2, -0.15) is 13.2 Å². The van der Waals surface area contributed by atoms with Gasteiger partial charge in [-0.15, -0.1) is 0 Å². The average Bonchev–Trinajstić information content (AvgIpc) is 2.64. The zero-order valence-electron chi connectivity index (χ0n) is 15.3. The molecule has 0 atom stereocenters. The number of nitrogens with zero attached hydrogens (tertiary/aromatic N) is 3. The normalized spacial score (nSPS) is 10.9. The maximum atomic E-state index is 13.3. The minimum Gasteiger partial charge on any atom is -0.541 e. The van der Waals surface area contributed by atoms with E-state index < -0.39 is 45.6 Å². The van der Waals surface area contributed by atoms with E-state index in [0.29, 0.717) is 0 Å². The van der Waals surface area contributed by atoms with Crippen molar-refractivity contribution in [3.63, 3.8) is 0 Å². The molecule has 0 radical (unpaired) electrons. The first kappa shape index (κ1) is 24.5. The van der Waals surface area contributed by atoms with E-state index in [9.17, 15) is 27.2 Å². The Morgan fingerprint density at radius 3 is 2.55 bits per heavy atom. The van der Waals surface area contributed by atoms with Gasteiger partial charge in [0.15, 0.2) is 5.69 Å². The molecule has 1 aromatic carbocycles. The molecule has 1 amide bonds. The van der Waals surface area contributed by atoms with E-state index >= 15 is 0 Å². The number of carbonyl (C=O) groups excluding carboxylic acids is 1. The summed E-state index contributed by atoms with van der Waals surface area (Å²) in [6.07, 6.45) is -3.86. The number of halogens is 5. The standard InChI is InChI=1S/C18H11ClF4N4O3.W/c1-8-4-9(20)2-3-13(8)30-17-11(6-12(19)15(26-17)18(21,22)23)16(29)25-10-5-14(28)27-24-7-10;/h2-7H,1H3,(H2,25,27,28,29);/p-1. The van der Waals surface area contributed by atoms with Gasteiger partial charge < -0.3 is 25.0 Å². The fraction of sp³-hybridized carbons (Fsp3) is 0.111. The van der Waals surface area contributed by atoms with Crippen molar-refractivity contribution in [1.29, 1.82) is 0 Å². The zero-order chi connectivity index (χ0) is 22.1. The summed E-state index contributed by atoms with van der Waals surface area (Å²) in [5.74, 6) is -2.30. The van der Waals surface area contributed by atoms with Crippen LogP contribution in [0.2, 0.25) is 5.02 Å². The number of alkyl halides is 3. The number of hydrogen-bond donors (Lipinski definition) is 1. The number of hydrogen-bond acceptors (Lipinski definition) is 5. The summed E-state index contributed by atoms with van der Waals surface area (Å²) in [5, 5.41) is 8.00. The summed E-state index contributed by atoms with van der Waals surface area (Å²) in [6.45, 7) is 1.46. The third kappa shape index (κ3) is 5.89. The van der Waals surface area contributed by atoms with Crippen LogP contribution >= 0.6 is 11.6 Å². The van der Waals surface area contributed by atoms with Gasteiger partial charge in [0.05, 0.1) is 16.3 Å². The quantitative estimate of drug-likeness (QED) is 0.442. The molecule has 31 heavy (non-hydrogen) atoms. The van der Waals surface area contributed by atoms with E-state index in [2.05, 4.69) is 20.5 Å². The number of ether oxygens (including phenoxy) is 1. The molecule has 0 aliphatic heterocycles. The molecule has 0 bridgehead atoms. The van der Waals surface area contributed by atoms with Gasteiger partial charge in [-0.25, -0.2) is 9.37 Å². The first-order valence-electron chi connectivity index (χ1n) is 8.07. The van der Waals surface area contributed by atoms with Crippen molar-refractivity contribution < 1.29 is 48.2 Å². The van der Waals surface area contributed by atoms with Gasteiger partial charge in [-0.05, 0) is 42.8 Å². The summed E-state index contributed by atoms with van der Waals surface area (Å²) >= 11 is 5.67. The predicted octanol–water partition coefficient (Wildman–Crippen LogP) is 3.96. The van der Waals surface area contributed by atoms with Gasteiger partial charge >= 0.3 is 6.18 Å². The number of amides is 1. The molecule has 0 unspecified atom stereocenters. The van der Waals surface area contributed by atoms with Gasteiger partial charge in [0, 0.05) is 27.3 Å². The number of pyridine rings is 1. The van der Waals surface area contributed by atoms with Crippen LogP contribution in [-0.2, 0) is 27.2 Å². The molecule has 162 valence electrons. The van der Waals surface area contributed by atoms with Crippen molar-refractivity contribution in [2.75, 3.05) is 5.32 Å². The number of rotatable bonds is 4. The van der Waals surface area contributed by atoms with Crippen molar-refractivity contribution in [3.05, 3.63) is 74.5 Å². The van der Waals surface area contributed by atoms with Crippen molar-refractivity contribution in [1.82, 2.24) is 15.2 Å². The van der Waals surface area contributed by atoms with E-state index in [1.54, 1.807) is 0 Å². The van der Waals surface area contributed by atoms with Crippen molar-refractivity contribution in [3.8, 4) is 11.6 Å². The number of aromatic nitrogens is 3. The molecule has 1 N–H and O–H groups in total. The maximum Gasteiger partial charge on any atom is 0.434 e. The molecule has 0 fully saturated rings. The molecular weight excluding hydrogens is 616 g/mol. The number of nitrogens with one attached hydrogen (secondary N) is 1. The topological polar surface area (TPSA) is 95.3 Å². The summed E-state index contributed by atoms with van der Waals surface area (Å²) in [5.41, 5.74) is -2.47. The summed E-state index contributed by atoms with van der Waals surface area (Å²) < 4.78 is 58.3. The van der Waals surface area contributed by atoms with Gasteiger partial charge in [-0.1, -0.05) is 11.6 Å². The molecule has 13 heteroatoms. The largest absolute Gasteiger partial charge is 0.541 e. The fourth-order valence-electron chi connectivity index (χ4n) is 2.36. The average molecular weight is 626 g/mol. The molecule has 0 saturated carbocycles. The smallest absolute Gasteiger partial charge is 0.434 e. The molecule has 0 spiro atoms. The number of anilines is 1. The first-order chi connectivity index (χ1) is 14.0. The molecule has 3 rings (SSSR count). The third-order valence-electron chi connectivity index (χ3n) is 3.69. The second kappa shape index (κ2) is 9.57. The molecule has 3 aromatic rings. The van der Waals surface area contributed by atoms with E-state index in [0.717, 1.165) is 30.5 Å². The van der Waals surface area contributed by atoms with Gasteiger partial charge in [0.25, 0.3) is 5.91 Å². The van der Waals surface area contributed by atoms with E-state index in [1.807, 2.05) is 0 Å². The van der Waals surface area contributed by atoms with Crippen molar-refractivity contribution in [2.45, 2.75) is 13.1 Å². The van der Waals surface area contributed by atoms with Crippen LogP contribution in [0, 0.1) is 12.7 Å². The van der Waals surface area contributed by atoms with Crippen LogP contribution in [0.5, 0.6) is 11.6 Å². The second-order valence-corrected chi connectivity index (χ2v) is 6.32. The summed E-state index contributed by atoms with van der Waals surface area (Å²) in [4.78, 5) is 27.2. The molecule has 7 nitrogen and oxygen atoms in total. The van der Waals surface area contributed by atoms with E-state index in [1.165, 1.54) is 13.0 Å². The number of benzene rings is 1. The van der Waals surface area contributed by atoms with E-state index in [4.69, 9.17) is 16.3 Å². The second-order valence-electron chi connectivity index (χ2n) is 5.92. The van der Waals surface area contributed by atoms with Crippen molar-refractivity contribution >= 4 is 23.2 Å². The molecule has 2 heterocycles. The monoisotopic (exact) mass is 625 g/mol. The SMILES string of the molecule is Cc1cc(F)ccc1Oc1nc(C(F)(F)F)c(Cl)cc1C(=O)Nc1cn[n-]c(=O)c1.[W]. The van der Waals surface area contributed by atoms with E-state index in [-0.39, 0.29) is 38.1 Å². The van der Waals surface area contributed by atoms with Gasteiger partial charge in [0.2, 0.25) is 5.88 Å². The molecule has 0 saturated heterocycles. The molecular formula is C18H10ClF4N4O3W-. The Balaban J connectivity index is 0.00000341. The summed E-state index contributed by atoms with van der Waals surface area (Å²) in [6, 6.07) is 4.98. The Morgan fingerprint density at radius 2 is 1.94 bits per heavy atom. The Kier molecular flexibility index (Phi) is 7.56. The molecule has 0 aliphatic rings. The Labute approximate surface area is 191 Å². The third-order valence-corrected chi connectivity index (χ3v) is 3.98. The van der Waals surface area contributed by atoms with Crippen LogP contribution in [0.1, 0.15) is 21.6 Å².